The minimum atomic E-state index is -1.57. The zero-order valence-corrected chi connectivity index (χ0v) is 14.8. The molecular formula is C19H25BF2O2. The second-order valence-electron chi connectivity index (χ2n) is 7.90. The first kappa shape index (κ1) is 17.6. The monoisotopic (exact) mass is 334 g/mol. The fourth-order valence-corrected chi connectivity index (χ4v) is 3.67. The summed E-state index contributed by atoms with van der Waals surface area (Å²) < 4.78 is 39.2. The van der Waals surface area contributed by atoms with Gasteiger partial charge >= 0.3 is 7.12 Å². The van der Waals surface area contributed by atoms with Gasteiger partial charge in [0.1, 0.15) is 0 Å². The van der Waals surface area contributed by atoms with Crippen LogP contribution in [0.5, 0.6) is 0 Å². The zero-order valence-electron chi connectivity index (χ0n) is 14.8. The fraction of sp³-hybridized carbons (Fsp3) is 0.579. The van der Waals surface area contributed by atoms with E-state index in [-0.39, 0.29) is 11.5 Å². The van der Waals surface area contributed by atoms with Crippen molar-refractivity contribution in [2.24, 2.45) is 0 Å². The molecule has 0 radical (unpaired) electrons. The molecule has 2 aliphatic rings. The maximum absolute atomic E-state index is 13.5. The Bertz CT molecular complexity index is 608. The minimum absolute atomic E-state index is 0.209. The molecule has 1 aliphatic carbocycles. The quantitative estimate of drug-likeness (QED) is 0.659. The Labute approximate surface area is 143 Å². The molecule has 1 aromatic rings. The van der Waals surface area contributed by atoms with Crippen molar-refractivity contribution in [1.29, 1.82) is 0 Å². The molecule has 24 heavy (non-hydrogen) atoms. The SMILES string of the molecule is CC1(C)OB([C@@H]2CC(c3ccccc3)CCC2=C(F)F)OC1(C)C. The van der Waals surface area contributed by atoms with Crippen LogP contribution in [0.3, 0.4) is 0 Å². The van der Waals surface area contributed by atoms with Crippen molar-refractivity contribution in [1.82, 2.24) is 0 Å². The molecule has 1 saturated heterocycles. The Hall–Kier alpha value is -1.20. The fourth-order valence-electron chi connectivity index (χ4n) is 3.67. The Balaban J connectivity index is 1.86. The molecule has 0 aromatic heterocycles. The Kier molecular flexibility index (Phi) is 4.60. The van der Waals surface area contributed by atoms with Gasteiger partial charge in [-0.2, -0.15) is 8.78 Å². The smallest absolute Gasteiger partial charge is 0.403 e. The van der Waals surface area contributed by atoms with Crippen LogP contribution in [0.1, 0.15) is 58.4 Å². The van der Waals surface area contributed by atoms with Gasteiger partial charge in [-0.25, -0.2) is 0 Å². The lowest BCUT2D eigenvalue weighted by atomic mass is 9.59. The number of benzene rings is 1. The van der Waals surface area contributed by atoms with E-state index in [1.54, 1.807) is 0 Å². The molecule has 1 saturated carbocycles. The summed E-state index contributed by atoms with van der Waals surface area (Å²) in [6.45, 7) is 7.83. The normalized spacial score (nSPS) is 28.9. The molecule has 2 atom stereocenters. The summed E-state index contributed by atoms with van der Waals surface area (Å²) in [4.78, 5) is 0. The van der Waals surface area contributed by atoms with Crippen molar-refractivity contribution in [3.8, 4) is 0 Å². The van der Waals surface area contributed by atoms with Crippen molar-refractivity contribution in [2.45, 2.75) is 69.9 Å². The predicted octanol–water partition coefficient (Wildman–Crippen LogP) is 5.57. The number of allylic oxidation sites excluding steroid dienone is 1. The zero-order chi connectivity index (χ0) is 17.5. The number of hydrogen-bond acceptors (Lipinski definition) is 2. The van der Waals surface area contributed by atoms with E-state index in [4.69, 9.17) is 9.31 Å². The average molecular weight is 334 g/mol. The van der Waals surface area contributed by atoms with E-state index in [0.29, 0.717) is 12.8 Å². The predicted molar refractivity (Wildman–Crippen MR) is 92.1 cm³/mol. The standard InChI is InChI=1S/C19H25BF2O2/c1-18(2)19(3,4)24-20(23-18)16-12-14(10-11-15(16)17(21)22)13-8-6-5-7-9-13/h5-9,14,16H,10-12H2,1-4H3/t14?,16-/m1/s1. The van der Waals surface area contributed by atoms with Gasteiger partial charge in [-0.05, 0) is 64.0 Å². The lowest BCUT2D eigenvalue weighted by molar-refractivity contribution is 0.00578. The molecule has 2 fully saturated rings. The second kappa shape index (κ2) is 6.27. The summed E-state index contributed by atoms with van der Waals surface area (Å²) >= 11 is 0. The van der Waals surface area contributed by atoms with Crippen molar-refractivity contribution in [3.05, 3.63) is 47.5 Å². The summed E-state index contributed by atoms with van der Waals surface area (Å²) in [7, 11) is -0.613. The van der Waals surface area contributed by atoms with E-state index in [9.17, 15) is 8.78 Å². The number of halogens is 2. The largest absolute Gasteiger partial charge is 0.465 e. The molecule has 1 aromatic carbocycles. The second-order valence-corrected chi connectivity index (χ2v) is 7.90. The van der Waals surface area contributed by atoms with Crippen LogP contribution in [0.4, 0.5) is 8.78 Å². The first-order valence-corrected chi connectivity index (χ1v) is 8.66. The van der Waals surface area contributed by atoms with E-state index in [1.807, 2.05) is 45.9 Å². The van der Waals surface area contributed by atoms with E-state index in [1.165, 1.54) is 5.56 Å². The maximum Gasteiger partial charge on any atom is 0.465 e. The summed E-state index contributed by atoms with van der Waals surface area (Å²) in [5, 5.41) is 0. The topological polar surface area (TPSA) is 18.5 Å². The van der Waals surface area contributed by atoms with Gasteiger partial charge in [-0.1, -0.05) is 30.3 Å². The van der Waals surface area contributed by atoms with E-state index >= 15 is 0 Å². The van der Waals surface area contributed by atoms with Gasteiger partial charge in [0.25, 0.3) is 6.08 Å². The molecule has 0 bridgehead atoms. The molecule has 5 heteroatoms. The molecule has 0 N–H and O–H groups in total. The highest BCUT2D eigenvalue weighted by Crippen LogP contribution is 2.50. The summed E-state index contributed by atoms with van der Waals surface area (Å²) in [6, 6.07) is 10.1. The molecule has 130 valence electrons. The third-order valence-corrected chi connectivity index (χ3v) is 5.86. The third-order valence-electron chi connectivity index (χ3n) is 5.86. The van der Waals surface area contributed by atoms with Crippen LogP contribution in [0, 0.1) is 0 Å². The molecule has 1 aliphatic heterocycles. The van der Waals surface area contributed by atoms with Crippen molar-refractivity contribution in [2.75, 3.05) is 0 Å². The van der Waals surface area contributed by atoms with Crippen molar-refractivity contribution < 1.29 is 18.1 Å². The van der Waals surface area contributed by atoms with Gasteiger partial charge in [-0.15, -0.1) is 0 Å². The van der Waals surface area contributed by atoms with Crippen LogP contribution in [-0.4, -0.2) is 18.3 Å². The van der Waals surface area contributed by atoms with Crippen LogP contribution >= 0.6 is 0 Å². The Morgan fingerprint density at radius 3 is 2.17 bits per heavy atom. The first-order valence-electron chi connectivity index (χ1n) is 8.66. The van der Waals surface area contributed by atoms with Crippen molar-refractivity contribution in [3.63, 3.8) is 0 Å². The highest BCUT2D eigenvalue weighted by atomic mass is 19.3. The van der Waals surface area contributed by atoms with Crippen LogP contribution < -0.4 is 0 Å². The molecule has 1 unspecified atom stereocenters. The highest BCUT2D eigenvalue weighted by Gasteiger charge is 2.55. The van der Waals surface area contributed by atoms with E-state index in [0.717, 1.165) is 6.42 Å². The maximum atomic E-state index is 13.5. The van der Waals surface area contributed by atoms with E-state index < -0.39 is 30.2 Å². The van der Waals surface area contributed by atoms with Gasteiger partial charge in [0, 0.05) is 5.82 Å². The van der Waals surface area contributed by atoms with Crippen molar-refractivity contribution >= 4 is 7.12 Å². The third kappa shape index (κ3) is 3.16. The molecule has 0 spiro atoms. The van der Waals surface area contributed by atoms with E-state index in [2.05, 4.69) is 12.1 Å². The minimum Gasteiger partial charge on any atom is -0.403 e. The lowest BCUT2D eigenvalue weighted by Crippen LogP contribution is -2.41. The summed E-state index contributed by atoms with van der Waals surface area (Å²) in [5.41, 5.74) is 0.405. The molecule has 1 heterocycles. The van der Waals surface area contributed by atoms with Crippen LogP contribution in [0.2, 0.25) is 5.82 Å². The van der Waals surface area contributed by atoms with Crippen LogP contribution in [0.25, 0.3) is 0 Å². The Morgan fingerprint density at radius 1 is 1.04 bits per heavy atom. The van der Waals surface area contributed by atoms with Crippen LogP contribution in [-0.2, 0) is 9.31 Å². The van der Waals surface area contributed by atoms with Gasteiger partial charge in [0.05, 0.1) is 11.2 Å². The molecule has 2 nitrogen and oxygen atoms in total. The van der Waals surface area contributed by atoms with Crippen LogP contribution in [0.15, 0.2) is 42.0 Å². The molecule has 0 amide bonds. The first-order chi connectivity index (χ1) is 11.2. The average Bonchev–Trinajstić information content (AvgIpc) is 2.75. The van der Waals surface area contributed by atoms with Gasteiger partial charge in [0.2, 0.25) is 0 Å². The molecule has 3 rings (SSSR count). The summed E-state index contributed by atoms with van der Waals surface area (Å²) in [6.07, 6.45) is 0.206. The number of rotatable bonds is 2. The van der Waals surface area contributed by atoms with Gasteiger partial charge in [0.15, 0.2) is 0 Å². The lowest BCUT2D eigenvalue weighted by Gasteiger charge is -2.32. The number of hydrogen-bond donors (Lipinski definition) is 0. The highest BCUT2D eigenvalue weighted by molar-refractivity contribution is 6.48. The van der Waals surface area contributed by atoms with Gasteiger partial charge < -0.3 is 9.31 Å². The summed E-state index contributed by atoms with van der Waals surface area (Å²) in [5.74, 6) is -0.131. The Morgan fingerprint density at radius 2 is 1.62 bits per heavy atom. The molecular weight excluding hydrogens is 309 g/mol. The van der Waals surface area contributed by atoms with Gasteiger partial charge in [-0.3, -0.25) is 0 Å².